The first-order valence-electron chi connectivity index (χ1n) is 7.21. The molecule has 0 aliphatic carbocycles. The van der Waals surface area contributed by atoms with Crippen molar-refractivity contribution in [3.05, 3.63) is 29.3 Å². The van der Waals surface area contributed by atoms with E-state index in [0.717, 1.165) is 13.0 Å². The Kier molecular flexibility index (Phi) is 7.04. The van der Waals surface area contributed by atoms with Crippen molar-refractivity contribution in [2.75, 3.05) is 18.8 Å². The molecule has 2 rings (SSSR count). The van der Waals surface area contributed by atoms with Crippen molar-refractivity contribution in [1.29, 1.82) is 0 Å². The molecule has 2 atom stereocenters. The summed E-state index contributed by atoms with van der Waals surface area (Å²) in [7, 11) is 0. The molecule has 1 aliphatic heterocycles. The number of likely N-dealkylation sites (tertiary alicyclic amines) is 1. The fourth-order valence-electron chi connectivity index (χ4n) is 2.84. The van der Waals surface area contributed by atoms with E-state index in [1.807, 2.05) is 4.90 Å². The molecule has 1 aromatic carbocycles. The maximum Gasteiger partial charge on any atom is 0.233 e. The number of aryl methyl sites for hydroxylation is 2. The molecule has 1 fully saturated rings. The molecule has 1 aliphatic rings. The lowest BCUT2D eigenvalue weighted by Gasteiger charge is -2.21. The van der Waals surface area contributed by atoms with Crippen LogP contribution in [-0.4, -0.2) is 35.7 Å². The highest BCUT2D eigenvalue weighted by Gasteiger charge is 2.31. The fourth-order valence-corrected chi connectivity index (χ4v) is 3.74. The highest BCUT2D eigenvalue weighted by Crippen LogP contribution is 2.26. The smallest absolute Gasteiger partial charge is 0.233 e. The number of carbonyl (C=O) groups excluding carboxylic acids is 1. The summed E-state index contributed by atoms with van der Waals surface area (Å²) >= 11 is 1.64. The molecule has 21 heavy (non-hydrogen) atoms. The molecule has 1 amide bonds. The second-order valence-corrected chi connectivity index (χ2v) is 6.81. The first-order valence-corrected chi connectivity index (χ1v) is 8.19. The van der Waals surface area contributed by atoms with Crippen molar-refractivity contribution >= 4 is 30.1 Å². The van der Waals surface area contributed by atoms with Gasteiger partial charge in [0.2, 0.25) is 5.91 Å². The minimum Gasteiger partial charge on any atom is -0.339 e. The van der Waals surface area contributed by atoms with Crippen LogP contribution >= 0.6 is 24.2 Å². The van der Waals surface area contributed by atoms with Crippen LogP contribution in [0.1, 0.15) is 24.5 Å². The van der Waals surface area contributed by atoms with Gasteiger partial charge in [-0.2, -0.15) is 0 Å². The lowest BCUT2D eigenvalue weighted by molar-refractivity contribution is -0.128. The molecule has 0 saturated carbocycles. The molecule has 1 heterocycles. The SMILES string of the molecule is Cc1ccc(SCC(=O)N2CC(CN)CC2C)c(C)c1.Cl. The zero-order valence-corrected chi connectivity index (χ0v) is 14.6. The predicted octanol–water partition coefficient (Wildman–Crippen LogP) is 3.01. The average Bonchev–Trinajstić information content (AvgIpc) is 2.79. The lowest BCUT2D eigenvalue weighted by Crippen LogP contribution is -2.35. The van der Waals surface area contributed by atoms with Gasteiger partial charge in [0, 0.05) is 17.5 Å². The number of hydrogen-bond acceptors (Lipinski definition) is 3. The van der Waals surface area contributed by atoms with Gasteiger partial charge in [-0.25, -0.2) is 0 Å². The van der Waals surface area contributed by atoms with Crippen molar-refractivity contribution in [2.24, 2.45) is 11.7 Å². The van der Waals surface area contributed by atoms with E-state index in [1.54, 1.807) is 11.8 Å². The number of halogens is 1. The molecule has 0 radical (unpaired) electrons. The quantitative estimate of drug-likeness (QED) is 0.864. The van der Waals surface area contributed by atoms with Gasteiger partial charge in [0.25, 0.3) is 0 Å². The van der Waals surface area contributed by atoms with E-state index in [2.05, 4.69) is 39.0 Å². The third-order valence-electron chi connectivity index (χ3n) is 4.00. The number of thioether (sulfide) groups is 1. The van der Waals surface area contributed by atoms with Gasteiger partial charge in [0.05, 0.1) is 5.75 Å². The van der Waals surface area contributed by atoms with Crippen LogP contribution < -0.4 is 5.73 Å². The van der Waals surface area contributed by atoms with Crippen LogP contribution in [0.5, 0.6) is 0 Å². The van der Waals surface area contributed by atoms with E-state index in [9.17, 15) is 4.79 Å². The van der Waals surface area contributed by atoms with Crippen molar-refractivity contribution in [2.45, 2.75) is 38.1 Å². The van der Waals surface area contributed by atoms with Gasteiger partial charge >= 0.3 is 0 Å². The maximum absolute atomic E-state index is 12.3. The summed E-state index contributed by atoms with van der Waals surface area (Å²) in [5.74, 6) is 1.23. The largest absolute Gasteiger partial charge is 0.339 e. The number of benzene rings is 1. The van der Waals surface area contributed by atoms with E-state index in [1.165, 1.54) is 16.0 Å². The molecular formula is C16H25ClN2OS. The Bertz CT molecular complexity index is 495. The minimum atomic E-state index is 0. The van der Waals surface area contributed by atoms with Gasteiger partial charge in [-0.1, -0.05) is 17.7 Å². The number of hydrogen-bond donors (Lipinski definition) is 1. The van der Waals surface area contributed by atoms with Crippen LogP contribution in [0, 0.1) is 19.8 Å². The van der Waals surface area contributed by atoms with Crippen molar-refractivity contribution in [3.8, 4) is 0 Å². The van der Waals surface area contributed by atoms with E-state index in [0.29, 0.717) is 24.3 Å². The Morgan fingerprint density at radius 1 is 1.43 bits per heavy atom. The van der Waals surface area contributed by atoms with Gasteiger partial charge in [-0.3, -0.25) is 4.79 Å². The first kappa shape index (κ1) is 18.3. The minimum absolute atomic E-state index is 0. The number of rotatable bonds is 4. The van der Waals surface area contributed by atoms with Crippen molar-refractivity contribution in [3.63, 3.8) is 0 Å². The second-order valence-electron chi connectivity index (χ2n) is 5.79. The van der Waals surface area contributed by atoms with Gasteiger partial charge < -0.3 is 10.6 Å². The van der Waals surface area contributed by atoms with Gasteiger partial charge in [0.15, 0.2) is 0 Å². The summed E-state index contributed by atoms with van der Waals surface area (Å²) in [6.45, 7) is 7.81. The summed E-state index contributed by atoms with van der Waals surface area (Å²) in [4.78, 5) is 15.5. The molecule has 1 saturated heterocycles. The lowest BCUT2D eigenvalue weighted by atomic mass is 10.1. The Labute approximate surface area is 138 Å². The van der Waals surface area contributed by atoms with Gasteiger partial charge in [-0.15, -0.1) is 24.2 Å². The number of amides is 1. The summed E-state index contributed by atoms with van der Waals surface area (Å²) in [5.41, 5.74) is 8.22. The van der Waals surface area contributed by atoms with E-state index in [-0.39, 0.29) is 18.3 Å². The highest BCUT2D eigenvalue weighted by molar-refractivity contribution is 8.00. The highest BCUT2D eigenvalue weighted by atomic mass is 35.5. The Morgan fingerprint density at radius 3 is 2.71 bits per heavy atom. The molecule has 0 spiro atoms. The number of carbonyl (C=O) groups is 1. The summed E-state index contributed by atoms with van der Waals surface area (Å²) in [5, 5.41) is 0. The Hall–Kier alpha value is -0.710. The molecule has 5 heteroatoms. The molecule has 2 N–H and O–H groups in total. The third kappa shape index (κ3) is 4.63. The molecule has 3 nitrogen and oxygen atoms in total. The monoisotopic (exact) mass is 328 g/mol. The van der Waals surface area contributed by atoms with Gasteiger partial charge in [0.1, 0.15) is 0 Å². The number of nitrogens with zero attached hydrogens (tertiary/aromatic N) is 1. The first-order chi connectivity index (χ1) is 9.51. The van der Waals surface area contributed by atoms with Crippen molar-refractivity contribution in [1.82, 2.24) is 4.90 Å². The summed E-state index contributed by atoms with van der Waals surface area (Å²) in [6, 6.07) is 6.70. The van der Waals surface area contributed by atoms with E-state index < -0.39 is 0 Å². The summed E-state index contributed by atoms with van der Waals surface area (Å²) in [6.07, 6.45) is 1.04. The fraction of sp³-hybridized carbons (Fsp3) is 0.562. The summed E-state index contributed by atoms with van der Waals surface area (Å²) < 4.78 is 0. The molecule has 2 unspecified atom stereocenters. The Morgan fingerprint density at radius 2 is 2.14 bits per heavy atom. The maximum atomic E-state index is 12.3. The number of nitrogens with two attached hydrogens (primary N) is 1. The van der Waals surface area contributed by atoms with Crippen LogP contribution in [0.4, 0.5) is 0 Å². The topological polar surface area (TPSA) is 46.3 Å². The van der Waals surface area contributed by atoms with Crippen LogP contribution in [0.25, 0.3) is 0 Å². The van der Waals surface area contributed by atoms with Crippen LogP contribution in [-0.2, 0) is 4.79 Å². The molecule has 0 bridgehead atoms. The molecule has 1 aromatic rings. The predicted molar refractivity (Wildman–Crippen MR) is 92.2 cm³/mol. The Balaban J connectivity index is 0.00000220. The zero-order valence-electron chi connectivity index (χ0n) is 13.0. The van der Waals surface area contributed by atoms with E-state index >= 15 is 0 Å². The van der Waals surface area contributed by atoms with Crippen LogP contribution in [0.2, 0.25) is 0 Å². The average molecular weight is 329 g/mol. The van der Waals surface area contributed by atoms with Gasteiger partial charge in [-0.05, 0) is 51.3 Å². The van der Waals surface area contributed by atoms with Crippen molar-refractivity contribution < 1.29 is 4.79 Å². The molecule has 118 valence electrons. The van der Waals surface area contributed by atoms with E-state index in [4.69, 9.17) is 5.73 Å². The molecular weight excluding hydrogens is 304 g/mol. The third-order valence-corrected chi connectivity index (χ3v) is 5.16. The normalized spacial score (nSPS) is 21.2. The zero-order chi connectivity index (χ0) is 14.7. The van der Waals surface area contributed by atoms with Crippen LogP contribution in [0.15, 0.2) is 23.1 Å². The second kappa shape index (κ2) is 8.06. The molecule has 0 aromatic heterocycles. The van der Waals surface area contributed by atoms with Crippen LogP contribution in [0.3, 0.4) is 0 Å². The standard InChI is InChI=1S/C16H24N2OS.ClH/c1-11-4-5-15(12(2)6-11)20-10-16(19)18-9-14(8-17)7-13(18)3;/h4-6,13-14H,7-10,17H2,1-3H3;1H.